The topological polar surface area (TPSA) is 58.6 Å². The van der Waals surface area contributed by atoms with Gasteiger partial charge < -0.3 is 15.0 Å². The van der Waals surface area contributed by atoms with Crippen molar-refractivity contribution in [3.63, 3.8) is 0 Å². The highest BCUT2D eigenvalue weighted by atomic mass is 16.5. The van der Waals surface area contributed by atoms with E-state index in [4.69, 9.17) is 4.74 Å². The van der Waals surface area contributed by atoms with Crippen molar-refractivity contribution in [2.45, 2.75) is 25.8 Å². The van der Waals surface area contributed by atoms with Crippen LogP contribution in [0.5, 0.6) is 5.75 Å². The molecule has 2 aromatic carbocycles. The summed E-state index contributed by atoms with van der Waals surface area (Å²) in [6.07, 6.45) is 1.47. The highest BCUT2D eigenvalue weighted by Gasteiger charge is 2.21. The van der Waals surface area contributed by atoms with Gasteiger partial charge in [-0.3, -0.25) is 9.59 Å². The van der Waals surface area contributed by atoms with E-state index in [-0.39, 0.29) is 24.5 Å². The molecule has 2 amide bonds. The zero-order valence-corrected chi connectivity index (χ0v) is 14.3. The third-order valence-electron chi connectivity index (χ3n) is 4.25. The number of hydrogen-bond donors (Lipinski definition) is 1. The molecule has 0 saturated carbocycles. The number of rotatable bonds is 6. The van der Waals surface area contributed by atoms with Crippen molar-refractivity contribution in [2.75, 3.05) is 18.1 Å². The van der Waals surface area contributed by atoms with Gasteiger partial charge in [0.1, 0.15) is 5.75 Å². The Bertz CT molecular complexity index is 746. The van der Waals surface area contributed by atoms with Gasteiger partial charge in [0.25, 0.3) is 5.91 Å². The summed E-state index contributed by atoms with van der Waals surface area (Å²) in [5.74, 6) is 0.533. The lowest BCUT2D eigenvalue weighted by Gasteiger charge is -2.17. The summed E-state index contributed by atoms with van der Waals surface area (Å²) in [5.41, 5.74) is 1.86. The first-order chi connectivity index (χ1) is 12.1. The van der Waals surface area contributed by atoms with Gasteiger partial charge in [0.2, 0.25) is 5.91 Å². The Balaban J connectivity index is 1.54. The van der Waals surface area contributed by atoms with E-state index in [9.17, 15) is 9.59 Å². The van der Waals surface area contributed by atoms with Crippen LogP contribution in [0, 0.1) is 0 Å². The van der Waals surface area contributed by atoms with Crippen molar-refractivity contribution in [1.29, 1.82) is 0 Å². The maximum Gasteiger partial charge on any atom is 0.258 e. The molecule has 1 N–H and O–H groups in total. The van der Waals surface area contributed by atoms with E-state index in [0.29, 0.717) is 12.2 Å². The normalized spacial score (nSPS) is 15.1. The van der Waals surface area contributed by atoms with Gasteiger partial charge in [0, 0.05) is 24.7 Å². The highest BCUT2D eigenvalue weighted by molar-refractivity contribution is 5.95. The number of amides is 2. The second-order valence-electron chi connectivity index (χ2n) is 6.13. The highest BCUT2D eigenvalue weighted by Crippen LogP contribution is 2.25. The fourth-order valence-corrected chi connectivity index (χ4v) is 2.92. The Morgan fingerprint density at radius 3 is 2.72 bits per heavy atom. The zero-order chi connectivity index (χ0) is 17.6. The second kappa shape index (κ2) is 7.83. The van der Waals surface area contributed by atoms with Gasteiger partial charge >= 0.3 is 0 Å². The van der Waals surface area contributed by atoms with Gasteiger partial charge in [-0.15, -0.1) is 0 Å². The molecule has 25 heavy (non-hydrogen) atoms. The number of carbonyl (C=O) groups is 2. The van der Waals surface area contributed by atoms with Crippen LogP contribution in [0.3, 0.4) is 0 Å². The van der Waals surface area contributed by atoms with E-state index >= 15 is 0 Å². The third kappa shape index (κ3) is 4.38. The minimum absolute atomic E-state index is 0.0609. The average molecular weight is 338 g/mol. The molecule has 5 heteroatoms. The molecule has 1 atom stereocenters. The number of benzene rings is 2. The van der Waals surface area contributed by atoms with Crippen LogP contribution in [0.2, 0.25) is 0 Å². The molecule has 0 radical (unpaired) electrons. The van der Waals surface area contributed by atoms with Crippen LogP contribution in [-0.4, -0.2) is 25.0 Å². The average Bonchev–Trinajstić information content (AvgIpc) is 3.07. The van der Waals surface area contributed by atoms with E-state index < -0.39 is 0 Å². The van der Waals surface area contributed by atoms with Crippen molar-refractivity contribution >= 4 is 17.5 Å². The largest absolute Gasteiger partial charge is 0.484 e. The minimum atomic E-state index is -0.181. The van der Waals surface area contributed by atoms with E-state index in [1.165, 1.54) is 0 Å². The molecule has 0 bridgehead atoms. The molecule has 0 spiro atoms. The lowest BCUT2D eigenvalue weighted by atomic mass is 10.1. The molecule has 1 aliphatic rings. The summed E-state index contributed by atoms with van der Waals surface area (Å²) < 4.78 is 5.59. The molecule has 1 heterocycles. The summed E-state index contributed by atoms with van der Waals surface area (Å²) in [7, 11) is 0. The van der Waals surface area contributed by atoms with Gasteiger partial charge in [-0.1, -0.05) is 36.4 Å². The maximum absolute atomic E-state index is 12.1. The molecule has 3 rings (SSSR count). The van der Waals surface area contributed by atoms with Crippen LogP contribution < -0.4 is 15.0 Å². The van der Waals surface area contributed by atoms with E-state index in [1.54, 1.807) is 17.0 Å². The maximum atomic E-state index is 12.1. The standard InChI is InChI=1S/C20H22N2O3/c1-15(16-7-3-2-4-8-16)21-19(23)14-25-18-10-5-9-17(13-18)22-12-6-11-20(22)24/h2-5,7-10,13,15H,6,11-12,14H2,1H3,(H,21,23). The van der Waals surface area contributed by atoms with Crippen LogP contribution in [-0.2, 0) is 9.59 Å². The monoisotopic (exact) mass is 338 g/mol. The van der Waals surface area contributed by atoms with Crippen molar-refractivity contribution in [3.8, 4) is 5.75 Å². The Kier molecular flexibility index (Phi) is 5.33. The molecule has 1 saturated heterocycles. The molecular weight excluding hydrogens is 316 g/mol. The van der Waals surface area contributed by atoms with Crippen molar-refractivity contribution in [1.82, 2.24) is 5.32 Å². The number of nitrogens with zero attached hydrogens (tertiary/aromatic N) is 1. The van der Waals surface area contributed by atoms with Crippen molar-refractivity contribution in [3.05, 3.63) is 60.2 Å². The van der Waals surface area contributed by atoms with Gasteiger partial charge in [0.15, 0.2) is 6.61 Å². The fourth-order valence-electron chi connectivity index (χ4n) is 2.92. The second-order valence-corrected chi connectivity index (χ2v) is 6.13. The van der Waals surface area contributed by atoms with Crippen molar-refractivity contribution in [2.24, 2.45) is 0 Å². The Labute approximate surface area is 147 Å². The molecule has 1 unspecified atom stereocenters. The smallest absolute Gasteiger partial charge is 0.258 e. The number of carbonyl (C=O) groups excluding carboxylic acids is 2. The first kappa shape index (κ1) is 17.0. The molecule has 2 aromatic rings. The lowest BCUT2D eigenvalue weighted by Crippen LogP contribution is -2.31. The molecule has 1 aliphatic heterocycles. The van der Waals surface area contributed by atoms with Gasteiger partial charge in [-0.2, -0.15) is 0 Å². The predicted molar refractivity (Wildman–Crippen MR) is 96.5 cm³/mol. The fraction of sp³-hybridized carbons (Fsp3) is 0.300. The zero-order valence-electron chi connectivity index (χ0n) is 14.3. The third-order valence-corrected chi connectivity index (χ3v) is 4.25. The Hall–Kier alpha value is -2.82. The van der Waals surface area contributed by atoms with Crippen LogP contribution in [0.1, 0.15) is 31.4 Å². The summed E-state index contributed by atoms with van der Waals surface area (Å²) in [6, 6.07) is 17.0. The van der Waals surface area contributed by atoms with Crippen LogP contribution in [0.25, 0.3) is 0 Å². The van der Waals surface area contributed by atoms with Crippen molar-refractivity contribution < 1.29 is 14.3 Å². The molecular formula is C20H22N2O3. The van der Waals surface area contributed by atoms with E-state index in [2.05, 4.69) is 5.32 Å². The van der Waals surface area contributed by atoms with E-state index in [1.807, 2.05) is 49.4 Å². The van der Waals surface area contributed by atoms with Crippen LogP contribution in [0.15, 0.2) is 54.6 Å². The van der Waals surface area contributed by atoms with Crippen LogP contribution in [0.4, 0.5) is 5.69 Å². The van der Waals surface area contributed by atoms with E-state index in [0.717, 1.165) is 24.2 Å². The molecule has 5 nitrogen and oxygen atoms in total. The van der Waals surface area contributed by atoms with Gasteiger partial charge in [0.05, 0.1) is 6.04 Å². The SMILES string of the molecule is CC(NC(=O)COc1cccc(N2CCCC2=O)c1)c1ccccc1. The first-order valence-corrected chi connectivity index (χ1v) is 8.51. The summed E-state index contributed by atoms with van der Waals surface area (Å²) in [4.78, 5) is 25.7. The number of hydrogen-bond acceptors (Lipinski definition) is 3. The Morgan fingerprint density at radius 1 is 1.20 bits per heavy atom. The molecule has 130 valence electrons. The summed E-state index contributed by atoms with van der Waals surface area (Å²) >= 11 is 0. The van der Waals surface area contributed by atoms with Crippen LogP contribution >= 0.6 is 0 Å². The van der Waals surface area contributed by atoms with Gasteiger partial charge in [-0.25, -0.2) is 0 Å². The first-order valence-electron chi connectivity index (χ1n) is 8.51. The number of nitrogens with one attached hydrogen (secondary N) is 1. The summed E-state index contributed by atoms with van der Waals surface area (Å²) in [5, 5.41) is 2.91. The summed E-state index contributed by atoms with van der Waals surface area (Å²) in [6.45, 7) is 2.61. The molecule has 0 aliphatic carbocycles. The number of ether oxygens (including phenoxy) is 1. The minimum Gasteiger partial charge on any atom is -0.484 e. The Morgan fingerprint density at radius 2 is 2.00 bits per heavy atom. The predicted octanol–water partition coefficient (Wildman–Crippen LogP) is 3.07. The lowest BCUT2D eigenvalue weighted by molar-refractivity contribution is -0.123. The molecule has 0 aromatic heterocycles. The quantitative estimate of drug-likeness (QED) is 0.881. The number of anilines is 1. The molecule has 1 fully saturated rings. The van der Waals surface area contributed by atoms with Gasteiger partial charge in [-0.05, 0) is 31.0 Å².